The van der Waals surface area contributed by atoms with Gasteiger partial charge in [-0.3, -0.25) is 4.79 Å². The van der Waals surface area contributed by atoms with Gasteiger partial charge in [0.15, 0.2) is 10.9 Å². The lowest BCUT2D eigenvalue weighted by Crippen LogP contribution is -3.13. The second-order valence-corrected chi connectivity index (χ2v) is 8.76. The lowest BCUT2D eigenvalue weighted by molar-refractivity contribution is -0.918. The molecule has 3 heterocycles. The van der Waals surface area contributed by atoms with Crippen LogP contribution < -0.4 is 15.8 Å². The Kier molecular flexibility index (Phi) is 5.56. The zero-order valence-corrected chi connectivity index (χ0v) is 17.1. The Morgan fingerprint density at radius 1 is 1.37 bits per heavy atom. The molecule has 1 fully saturated rings. The van der Waals surface area contributed by atoms with Gasteiger partial charge >= 0.3 is 0 Å². The number of aromatic amines is 1. The van der Waals surface area contributed by atoms with Crippen molar-refractivity contribution in [3.8, 4) is 0 Å². The normalized spacial score (nSPS) is 17.7. The number of aromatic nitrogens is 2. The number of hydrogen-bond acceptors (Lipinski definition) is 4. The van der Waals surface area contributed by atoms with Gasteiger partial charge in [-0.15, -0.1) is 17.9 Å². The summed E-state index contributed by atoms with van der Waals surface area (Å²) in [6.07, 6.45) is 6.33. The van der Waals surface area contributed by atoms with Crippen LogP contribution >= 0.6 is 23.6 Å². The first-order valence-electron chi connectivity index (χ1n) is 9.66. The first-order chi connectivity index (χ1) is 13.2. The number of thiophene rings is 1. The average Bonchev–Trinajstić information content (AvgIpc) is 3.05. The second-order valence-electron chi connectivity index (χ2n) is 7.29. The summed E-state index contributed by atoms with van der Waals surface area (Å²) in [4.78, 5) is 26.5. The molecule has 0 spiro atoms. The average molecular weight is 405 g/mol. The molecule has 2 aliphatic rings. The molecule has 0 atom stereocenters. The molecule has 144 valence electrons. The van der Waals surface area contributed by atoms with Gasteiger partial charge in [0.2, 0.25) is 0 Å². The number of hydrogen-bond donors (Lipinski definition) is 3. The Bertz CT molecular complexity index is 911. The van der Waals surface area contributed by atoms with E-state index in [4.69, 9.17) is 17.2 Å². The van der Waals surface area contributed by atoms with Crippen LogP contribution in [-0.4, -0.2) is 52.7 Å². The summed E-state index contributed by atoms with van der Waals surface area (Å²) in [7, 11) is 0. The first kappa shape index (κ1) is 18.6. The van der Waals surface area contributed by atoms with Crippen molar-refractivity contribution in [1.29, 1.82) is 0 Å². The van der Waals surface area contributed by atoms with Gasteiger partial charge < -0.3 is 20.1 Å². The third kappa shape index (κ3) is 3.93. The summed E-state index contributed by atoms with van der Waals surface area (Å²) in [6, 6.07) is 0. The molecule has 27 heavy (non-hydrogen) atoms. The fourth-order valence-electron chi connectivity index (χ4n) is 4.00. The molecular formula is C19H26N5OS2+. The van der Waals surface area contributed by atoms with Crippen LogP contribution in [0.5, 0.6) is 0 Å². The predicted molar refractivity (Wildman–Crippen MR) is 114 cm³/mol. The molecule has 2 aromatic heterocycles. The quantitative estimate of drug-likeness (QED) is 0.515. The van der Waals surface area contributed by atoms with Gasteiger partial charge in [0.25, 0.3) is 5.56 Å². The zero-order chi connectivity index (χ0) is 18.8. The standard InChI is InChI=1S/C19H25N5OS2/c1-2-7-20-19(26)24-10-8-23(9-11-24)12-15-21-17(25)16-13-5-3-4-6-14(13)27-18(16)22-15/h2H,1,3-12H2,(H,20,26)(H,21,22,25)/p+1. The van der Waals surface area contributed by atoms with Crippen LogP contribution in [0.25, 0.3) is 10.2 Å². The van der Waals surface area contributed by atoms with E-state index in [2.05, 4.69) is 21.8 Å². The number of thiocarbonyl (C=S) groups is 1. The number of nitrogens with zero attached hydrogens (tertiary/aromatic N) is 2. The lowest BCUT2D eigenvalue weighted by atomic mass is 9.97. The van der Waals surface area contributed by atoms with Crippen LogP contribution in [0, 0.1) is 0 Å². The number of nitrogens with one attached hydrogen (secondary N) is 3. The van der Waals surface area contributed by atoms with Crippen molar-refractivity contribution in [2.24, 2.45) is 0 Å². The maximum atomic E-state index is 12.7. The Morgan fingerprint density at radius 2 is 2.15 bits per heavy atom. The van der Waals surface area contributed by atoms with Gasteiger partial charge in [-0.2, -0.15) is 0 Å². The fraction of sp³-hybridized carbons (Fsp3) is 0.526. The summed E-state index contributed by atoms with van der Waals surface area (Å²) >= 11 is 7.14. The molecule has 0 unspecified atom stereocenters. The second kappa shape index (κ2) is 8.08. The SMILES string of the molecule is C=CCNC(=S)N1CC[NH+](Cc2nc3sc4c(c3c(=O)[nH]2)CCCC4)CC1. The number of quaternary nitrogens is 1. The van der Waals surface area contributed by atoms with Gasteiger partial charge in [0, 0.05) is 11.4 Å². The minimum absolute atomic E-state index is 0.0437. The highest BCUT2D eigenvalue weighted by Crippen LogP contribution is 2.33. The smallest absolute Gasteiger partial charge is 0.260 e. The molecule has 0 amide bonds. The van der Waals surface area contributed by atoms with Gasteiger partial charge in [-0.1, -0.05) is 6.08 Å². The number of fused-ring (bicyclic) bond motifs is 3. The van der Waals surface area contributed by atoms with Crippen LogP contribution in [0.3, 0.4) is 0 Å². The van der Waals surface area contributed by atoms with Gasteiger partial charge in [-0.05, 0) is 43.5 Å². The molecule has 1 aliphatic heterocycles. The fourth-order valence-corrected chi connectivity index (χ4v) is 5.55. The summed E-state index contributed by atoms with van der Waals surface area (Å²) < 4.78 is 0. The largest absolute Gasteiger partial charge is 0.359 e. The third-order valence-corrected chi connectivity index (χ3v) is 7.04. The first-order valence-corrected chi connectivity index (χ1v) is 10.9. The molecule has 0 aromatic carbocycles. The molecule has 0 saturated carbocycles. The summed E-state index contributed by atoms with van der Waals surface area (Å²) in [5.74, 6) is 0.807. The summed E-state index contributed by atoms with van der Waals surface area (Å²) in [5, 5.41) is 4.83. The van der Waals surface area contributed by atoms with Crippen molar-refractivity contribution in [3.05, 3.63) is 39.3 Å². The molecule has 8 heteroatoms. The Balaban J connectivity index is 1.43. The van der Waals surface area contributed by atoms with E-state index in [0.717, 1.165) is 66.7 Å². The number of rotatable bonds is 4. The monoisotopic (exact) mass is 404 g/mol. The van der Waals surface area contributed by atoms with Crippen molar-refractivity contribution >= 4 is 38.9 Å². The summed E-state index contributed by atoms with van der Waals surface area (Å²) in [6.45, 7) is 8.96. The van der Waals surface area contributed by atoms with Crippen molar-refractivity contribution in [3.63, 3.8) is 0 Å². The molecule has 3 N–H and O–H groups in total. The Hall–Kier alpha value is -1.77. The van der Waals surface area contributed by atoms with Crippen molar-refractivity contribution in [2.45, 2.75) is 32.2 Å². The molecular weight excluding hydrogens is 378 g/mol. The molecule has 2 aromatic rings. The number of piperazine rings is 1. The summed E-state index contributed by atoms with van der Waals surface area (Å²) in [5.41, 5.74) is 1.30. The third-order valence-electron chi connectivity index (χ3n) is 5.45. The van der Waals surface area contributed by atoms with Crippen molar-refractivity contribution in [2.75, 3.05) is 32.7 Å². The van der Waals surface area contributed by atoms with Gasteiger partial charge in [0.1, 0.15) is 11.4 Å². The van der Waals surface area contributed by atoms with E-state index in [0.29, 0.717) is 6.54 Å². The predicted octanol–water partition coefficient (Wildman–Crippen LogP) is 0.624. The van der Waals surface area contributed by atoms with Crippen molar-refractivity contribution < 1.29 is 4.90 Å². The Labute approximate surface area is 168 Å². The van der Waals surface area contributed by atoms with Gasteiger partial charge in [0.05, 0.1) is 31.6 Å². The van der Waals surface area contributed by atoms with Crippen LogP contribution in [0.2, 0.25) is 0 Å². The maximum absolute atomic E-state index is 12.7. The highest BCUT2D eigenvalue weighted by atomic mass is 32.1. The van der Waals surface area contributed by atoms with E-state index in [-0.39, 0.29) is 5.56 Å². The van der Waals surface area contributed by atoms with Crippen LogP contribution in [0.4, 0.5) is 0 Å². The lowest BCUT2D eigenvalue weighted by Gasteiger charge is -2.33. The number of aryl methyl sites for hydroxylation is 2. The molecule has 1 aliphatic carbocycles. The van der Waals surface area contributed by atoms with E-state index < -0.39 is 0 Å². The number of H-pyrrole nitrogens is 1. The highest BCUT2D eigenvalue weighted by molar-refractivity contribution is 7.80. The zero-order valence-electron chi connectivity index (χ0n) is 15.5. The van der Waals surface area contributed by atoms with Crippen LogP contribution in [0.15, 0.2) is 17.4 Å². The Morgan fingerprint density at radius 3 is 2.93 bits per heavy atom. The van der Waals surface area contributed by atoms with E-state index >= 15 is 0 Å². The maximum Gasteiger partial charge on any atom is 0.260 e. The molecule has 0 bridgehead atoms. The highest BCUT2D eigenvalue weighted by Gasteiger charge is 2.24. The van der Waals surface area contributed by atoms with E-state index in [1.165, 1.54) is 28.2 Å². The van der Waals surface area contributed by atoms with E-state index in [1.807, 2.05) is 6.08 Å². The van der Waals surface area contributed by atoms with Crippen LogP contribution in [-0.2, 0) is 19.4 Å². The van der Waals surface area contributed by atoms with Crippen LogP contribution in [0.1, 0.15) is 29.1 Å². The topological polar surface area (TPSA) is 65.5 Å². The van der Waals surface area contributed by atoms with E-state index in [9.17, 15) is 4.79 Å². The molecule has 6 nitrogen and oxygen atoms in total. The van der Waals surface area contributed by atoms with Gasteiger partial charge in [-0.25, -0.2) is 4.98 Å². The van der Waals surface area contributed by atoms with Crippen molar-refractivity contribution in [1.82, 2.24) is 20.2 Å². The molecule has 0 radical (unpaired) electrons. The minimum Gasteiger partial charge on any atom is -0.359 e. The molecule has 4 rings (SSSR count). The van der Waals surface area contributed by atoms with E-state index in [1.54, 1.807) is 11.3 Å². The minimum atomic E-state index is 0.0437. The molecule has 1 saturated heterocycles.